The highest BCUT2D eigenvalue weighted by atomic mass is 32.1. The van der Waals surface area contributed by atoms with E-state index in [0.29, 0.717) is 13.0 Å². The summed E-state index contributed by atoms with van der Waals surface area (Å²) in [6.07, 6.45) is 2.82. The molecule has 148 valence electrons. The fourth-order valence-corrected chi connectivity index (χ4v) is 6.06. The highest BCUT2D eigenvalue weighted by Gasteiger charge is 2.25. The Kier molecular flexibility index (Phi) is 6.57. The molecular weight excluding hydrogens is 406 g/mol. The second kappa shape index (κ2) is 9.31. The molecule has 3 aromatic heterocycles. The molecule has 1 aliphatic rings. The fourth-order valence-electron chi connectivity index (χ4n) is 3.57. The summed E-state index contributed by atoms with van der Waals surface area (Å²) in [5.74, 6) is 0.854. The summed E-state index contributed by atoms with van der Waals surface area (Å²) in [6, 6.07) is 8.66. The molecule has 3 aromatic rings. The van der Waals surface area contributed by atoms with Crippen molar-refractivity contribution in [3.8, 4) is 9.88 Å². The van der Waals surface area contributed by atoms with E-state index in [2.05, 4.69) is 51.1 Å². The highest BCUT2D eigenvalue weighted by molar-refractivity contribution is 7.20. The predicted molar refractivity (Wildman–Crippen MR) is 119 cm³/mol. The Balaban J connectivity index is 1.35. The van der Waals surface area contributed by atoms with Crippen LogP contribution < -0.4 is 5.32 Å². The van der Waals surface area contributed by atoms with Crippen molar-refractivity contribution in [3.05, 3.63) is 51.0 Å². The van der Waals surface area contributed by atoms with Crippen LogP contribution in [0, 0.1) is 5.92 Å². The van der Waals surface area contributed by atoms with E-state index >= 15 is 0 Å². The molecule has 0 spiro atoms. The third-order valence-electron chi connectivity index (χ3n) is 5.25. The number of amides is 1. The van der Waals surface area contributed by atoms with E-state index in [4.69, 9.17) is 0 Å². The van der Waals surface area contributed by atoms with Crippen LogP contribution in [0.3, 0.4) is 0 Å². The summed E-state index contributed by atoms with van der Waals surface area (Å²) >= 11 is 5.07. The van der Waals surface area contributed by atoms with Gasteiger partial charge in [0.05, 0.1) is 23.0 Å². The minimum atomic E-state index is 0.0509. The lowest BCUT2D eigenvalue weighted by Gasteiger charge is -2.36. The first kappa shape index (κ1) is 19.8. The second-order valence-corrected chi connectivity index (χ2v) is 10.1. The Morgan fingerprint density at radius 2 is 2.00 bits per heavy atom. The van der Waals surface area contributed by atoms with Crippen LogP contribution in [0.2, 0.25) is 0 Å². The Hall–Kier alpha value is -1.54. The van der Waals surface area contributed by atoms with Gasteiger partial charge in [-0.1, -0.05) is 19.1 Å². The van der Waals surface area contributed by atoms with Crippen LogP contribution in [-0.4, -0.2) is 35.4 Å². The fraction of sp³-hybridized carbons (Fsp3) is 0.429. The number of hydrogen-bond acceptors (Lipinski definition) is 6. The smallest absolute Gasteiger partial charge is 0.226 e. The molecular formula is C21H25N3OS3. The third-order valence-corrected chi connectivity index (χ3v) is 8.15. The van der Waals surface area contributed by atoms with Gasteiger partial charge in [0.2, 0.25) is 5.91 Å². The van der Waals surface area contributed by atoms with Crippen LogP contribution in [0.5, 0.6) is 0 Å². The average molecular weight is 432 g/mol. The van der Waals surface area contributed by atoms with Crippen molar-refractivity contribution in [2.45, 2.75) is 32.2 Å². The zero-order chi connectivity index (χ0) is 19.3. The van der Waals surface area contributed by atoms with E-state index in [1.165, 1.54) is 17.7 Å². The molecule has 4 nitrogen and oxygen atoms in total. The summed E-state index contributed by atoms with van der Waals surface area (Å²) in [7, 11) is 0. The second-order valence-electron chi connectivity index (χ2n) is 7.35. The number of thiophene rings is 2. The summed E-state index contributed by atoms with van der Waals surface area (Å²) < 4.78 is 0. The number of carbonyl (C=O) groups excluding carboxylic acids is 1. The van der Waals surface area contributed by atoms with Crippen molar-refractivity contribution in [1.82, 2.24) is 15.2 Å². The molecule has 1 amide bonds. The molecule has 4 rings (SSSR count). The van der Waals surface area contributed by atoms with E-state index in [0.717, 1.165) is 34.6 Å². The first-order valence-corrected chi connectivity index (χ1v) is 12.4. The van der Waals surface area contributed by atoms with Crippen LogP contribution in [0.25, 0.3) is 9.88 Å². The molecule has 0 radical (unpaired) electrons. The summed E-state index contributed by atoms with van der Waals surface area (Å²) in [4.78, 5) is 22.2. The van der Waals surface area contributed by atoms with Crippen LogP contribution in [0.1, 0.15) is 36.4 Å². The lowest BCUT2D eigenvalue weighted by Crippen LogP contribution is -2.42. The molecule has 1 atom stereocenters. The number of thiazole rings is 1. The van der Waals surface area contributed by atoms with Gasteiger partial charge in [0.25, 0.3) is 0 Å². The number of rotatable bonds is 7. The van der Waals surface area contributed by atoms with Crippen molar-refractivity contribution in [2.75, 3.05) is 19.6 Å². The normalized spacial score (nSPS) is 16.9. The summed E-state index contributed by atoms with van der Waals surface area (Å²) in [5.41, 5.74) is 0.852. The Labute approximate surface area is 178 Å². The third kappa shape index (κ3) is 4.89. The van der Waals surface area contributed by atoms with Gasteiger partial charge >= 0.3 is 0 Å². The van der Waals surface area contributed by atoms with Crippen LogP contribution >= 0.6 is 34.0 Å². The first-order chi connectivity index (χ1) is 13.7. The molecule has 28 heavy (non-hydrogen) atoms. The molecule has 0 bridgehead atoms. The molecule has 0 aliphatic carbocycles. The number of carbonyl (C=O) groups is 1. The number of likely N-dealkylation sites (tertiary alicyclic amines) is 1. The molecule has 1 aliphatic heterocycles. The van der Waals surface area contributed by atoms with Crippen LogP contribution in [0.4, 0.5) is 0 Å². The maximum Gasteiger partial charge on any atom is 0.226 e. The average Bonchev–Trinajstić information content (AvgIpc) is 3.46. The van der Waals surface area contributed by atoms with Gasteiger partial charge in [-0.2, -0.15) is 0 Å². The van der Waals surface area contributed by atoms with Crippen molar-refractivity contribution in [3.63, 3.8) is 0 Å². The molecule has 1 fully saturated rings. The number of hydrogen-bond donors (Lipinski definition) is 1. The van der Waals surface area contributed by atoms with E-state index in [9.17, 15) is 4.79 Å². The zero-order valence-electron chi connectivity index (χ0n) is 16.0. The molecule has 4 heterocycles. The minimum Gasteiger partial charge on any atom is -0.354 e. The largest absolute Gasteiger partial charge is 0.354 e. The van der Waals surface area contributed by atoms with E-state index < -0.39 is 0 Å². The lowest BCUT2D eigenvalue weighted by atomic mass is 9.97. The Morgan fingerprint density at radius 1 is 1.21 bits per heavy atom. The van der Waals surface area contributed by atoms with E-state index in [-0.39, 0.29) is 11.9 Å². The monoisotopic (exact) mass is 431 g/mol. The topological polar surface area (TPSA) is 45.2 Å². The van der Waals surface area contributed by atoms with Crippen molar-refractivity contribution >= 4 is 39.9 Å². The molecule has 1 saturated heterocycles. The molecule has 0 aromatic carbocycles. The van der Waals surface area contributed by atoms with Crippen LogP contribution in [-0.2, 0) is 11.2 Å². The Morgan fingerprint density at radius 3 is 2.71 bits per heavy atom. The zero-order valence-corrected chi connectivity index (χ0v) is 18.4. The van der Waals surface area contributed by atoms with Crippen molar-refractivity contribution in [1.29, 1.82) is 0 Å². The standard InChI is InChI=1S/C21H25N3OS3/c1-15-6-8-24(9-7-15)17(18-4-2-10-26-18)13-22-20(25)12-16-14-28-21(23-16)19-5-3-11-27-19/h2-5,10-11,14-15,17H,6-9,12-13H2,1H3,(H,22,25)/t17-/m1/s1. The lowest BCUT2D eigenvalue weighted by molar-refractivity contribution is -0.120. The van der Waals surface area contributed by atoms with Gasteiger partial charge in [0.1, 0.15) is 5.01 Å². The minimum absolute atomic E-state index is 0.0509. The van der Waals surface area contributed by atoms with Gasteiger partial charge in [-0.05, 0) is 54.7 Å². The van der Waals surface area contributed by atoms with E-state index in [1.54, 1.807) is 34.0 Å². The van der Waals surface area contributed by atoms with Crippen LogP contribution in [0.15, 0.2) is 40.4 Å². The summed E-state index contributed by atoms with van der Waals surface area (Å²) in [6.45, 7) is 5.21. The number of aromatic nitrogens is 1. The van der Waals surface area contributed by atoms with Gasteiger partial charge < -0.3 is 5.32 Å². The van der Waals surface area contributed by atoms with Gasteiger partial charge in [0.15, 0.2) is 0 Å². The Bertz CT molecular complexity index is 865. The number of nitrogens with zero attached hydrogens (tertiary/aromatic N) is 2. The molecule has 0 unspecified atom stereocenters. The highest BCUT2D eigenvalue weighted by Crippen LogP contribution is 2.30. The van der Waals surface area contributed by atoms with E-state index in [1.807, 2.05) is 11.4 Å². The van der Waals surface area contributed by atoms with Gasteiger partial charge in [-0.25, -0.2) is 4.98 Å². The quantitative estimate of drug-likeness (QED) is 0.568. The SMILES string of the molecule is CC1CCN([C@H](CNC(=O)Cc2csc(-c3cccs3)n2)c2cccs2)CC1. The maximum atomic E-state index is 12.6. The van der Waals surface area contributed by atoms with Crippen molar-refractivity contribution < 1.29 is 4.79 Å². The first-order valence-electron chi connectivity index (χ1n) is 9.71. The molecule has 7 heteroatoms. The van der Waals surface area contributed by atoms with Gasteiger partial charge in [-0.15, -0.1) is 34.0 Å². The van der Waals surface area contributed by atoms with Crippen molar-refractivity contribution in [2.24, 2.45) is 5.92 Å². The van der Waals surface area contributed by atoms with Gasteiger partial charge in [-0.3, -0.25) is 9.69 Å². The van der Waals surface area contributed by atoms with Gasteiger partial charge in [0, 0.05) is 16.8 Å². The molecule has 0 saturated carbocycles. The maximum absolute atomic E-state index is 12.6. The number of nitrogens with one attached hydrogen (secondary N) is 1. The number of piperidine rings is 1. The predicted octanol–water partition coefficient (Wildman–Crippen LogP) is 5.07. The molecule has 1 N–H and O–H groups in total. The summed E-state index contributed by atoms with van der Waals surface area (Å²) in [5, 5.41) is 10.3.